The molecule has 0 saturated carbocycles. The van der Waals surface area contributed by atoms with Gasteiger partial charge in [-0.1, -0.05) is 36.3 Å². The molecule has 0 aromatic heterocycles. The average molecular weight is 269 g/mol. The predicted octanol–water partition coefficient (Wildman–Crippen LogP) is 4.08. The summed E-state index contributed by atoms with van der Waals surface area (Å²) in [6.45, 7) is 0. The zero-order valence-corrected chi connectivity index (χ0v) is 10.7. The van der Waals surface area contributed by atoms with E-state index in [-0.39, 0.29) is 6.04 Å². The number of benzene rings is 1. The Kier molecular flexibility index (Phi) is 4.30. The molecular formula is C15H18F3N. The van der Waals surface area contributed by atoms with Crippen LogP contribution in [0.3, 0.4) is 0 Å². The number of allylic oxidation sites excluding steroid dienone is 1. The quantitative estimate of drug-likeness (QED) is 0.804. The standard InChI is InChI=1S/C15H18F3N/c16-15(17,18)13-6-3-5-11(9-13)8-12-4-1-2-7-14(19)10-12/h3,5-6,9-10,14H,1-2,4,7-8,19H2. The van der Waals surface area contributed by atoms with Gasteiger partial charge in [-0.3, -0.25) is 0 Å². The molecule has 2 N–H and O–H groups in total. The van der Waals surface area contributed by atoms with Crippen LogP contribution in [-0.4, -0.2) is 6.04 Å². The van der Waals surface area contributed by atoms with Gasteiger partial charge in [0.15, 0.2) is 0 Å². The van der Waals surface area contributed by atoms with Crippen molar-refractivity contribution in [3.63, 3.8) is 0 Å². The molecule has 1 aromatic carbocycles. The number of rotatable bonds is 2. The van der Waals surface area contributed by atoms with Crippen molar-refractivity contribution in [2.24, 2.45) is 5.73 Å². The molecule has 19 heavy (non-hydrogen) atoms. The molecule has 4 heteroatoms. The molecule has 0 heterocycles. The molecule has 0 saturated heterocycles. The minimum absolute atomic E-state index is 0.0447. The molecule has 1 atom stereocenters. The van der Waals surface area contributed by atoms with Crippen molar-refractivity contribution in [3.05, 3.63) is 47.0 Å². The zero-order valence-electron chi connectivity index (χ0n) is 10.7. The molecule has 0 bridgehead atoms. The van der Waals surface area contributed by atoms with Crippen molar-refractivity contribution in [2.75, 3.05) is 0 Å². The Morgan fingerprint density at radius 2 is 2.00 bits per heavy atom. The third-order valence-corrected chi connectivity index (χ3v) is 3.42. The first-order chi connectivity index (χ1) is 8.95. The summed E-state index contributed by atoms with van der Waals surface area (Å²) in [5.41, 5.74) is 7.20. The Balaban J connectivity index is 2.14. The van der Waals surface area contributed by atoms with E-state index in [1.165, 1.54) is 12.1 Å². The van der Waals surface area contributed by atoms with Gasteiger partial charge in [-0.15, -0.1) is 0 Å². The van der Waals surface area contributed by atoms with Gasteiger partial charge in [-0.05, 0) is 37.3 Å². The Morgan fingerprint density at radius 3 is 2.74 bits per heavy atom. The molecule has 1 nitrogen and oxygen atoms in total. The summed E-state index contributed by atoms with van der Waals surface area (Å²) in [5.74, 6) is 0. The molecule has 1 aliphatic rings. The lowest BCUT2D eigenvalue weighted by molar-refractivity contribution is -0.137. The molecule has 0 aliphatic heterocycles. The minimum atomic E-state index is -4.27. The summed E-state index contributed by atoms with van der Waals surface area (Å²) < 4.78 is 37.9. The summed E-state index contributed by atoms with van der Waals surface area (Å²) in [6.07, 6.45) is 2.37. The van der Waals surface area contributed by atoms with Gasteiger partial charge in [-0.2, -0.15) is 13.2 Å². The van der Waals surface area contributed by atoms with E-state index < -0.39 is 11.7 Å². The van der Waals surface area contributed by atoms with Crippen molar-refractivity contribution >= 4 is 0 Å². The van der Waals surface area contributed by atoms with Crippen LogP contribution in [0.5, 0.6) is 0 Å². The minimum Gasteiger partial charge on any atom is -0.324 e. The molecule has 1 unspecified atom stereocenters. The summed E-state index contributed by atoms with van der Waals surface area (Å²) in [7, 11) is 0. The fourth-order valence-electron chi connectivity index (χ4n) is 2.47. The topological polar surface area (TPSA) is 26.0 Å². The number of alkyl halides is 3. The van der Waals surface area contributed by atoms with Gasteiger partial charge in [-0.25, -0.2) is 0 Å². The van der Waals surface area contributed by atoms with Gasteiger partial charge in [0.25, 0.3) is 0 Å². The van der Waals surface area contributed by atoms with E-state index >= 15 is 0 Å². The fourth-order valence-corrected chi connectivity index (χ4v) is 2.47. The largest absolute Gasteiger partial charge is 0.416 e. The van der Waals surface area contributed by atoms with Crippen LogP contribution in [0.2, 0.25) is 0 Å². The fraction of sp³-hybridized carbons (Fsp3) is 0.467. The molecular weight excluding hydrogens is 251 g/mol. The van der Waals surface area contributed by atoms with Gasteiger partial charge < -0.3 is 5.73 Å². The van der Waals surface area contributed by atoms with Gasteiger partial charge in [0.05, 0.1) is 5.56 Å². The van der Waals surface area contributed by atoms with Crippen LogP contribution in [0.15, 0.2) is 35.9 Å². The van der Waals surface area contributed by atoms with E-state index in [0.717, 1.165) is 37.3 Å². The van der Waals surface area contributed by atoms with E-state index in [9.17, 15) is 13.2 Å². The highest BCUT2D eigenvalue weighted by Gasteiger charge is 2.30. The first-order valence-corrected chi connectivity index (χ1v) is 6.56. The summed E-state index contributed by atoms with van der Waals surface area (Å²) >= 11 is 0. The highest BCUT2D eigenvalue weighted by Crippen LogP contribution is 2.30. The zero-order chi connectivity index (χ0) is 13.9. The van der Waals surface area contributed by atoms with Crippen LogP contribution in [0, 0.1) is 0 Å². The SMILES string of the molecule is NC1C=C(Cc2cccc(C(F)(F)F)c2)CCCC1. The number of halogens is 3. The Labute approximate surface area is 111 Å². The molecule has 0 radical (unpaired) electrons. The lowest BCUT2D eigenvalue weighted by Crippen LogP contribution is -2.16. The van der Waals surface area contributed by atoms with E-state index in [1.54, 1.807) is 6.07 Å². The van der Waals surface area contributed by atoms with Gasteiger partial charge in [0.2, 0.25) is 0 Å². The third-order valence-electron chi connectivity index (χ3n) is 3.42. The van der Waals surface area contributed by atoms with E-state index in [1.807, 2.05) is 6.08 Å². The van der Waals surface area contributed by atoms with Crippen molar-refractivity contribution in [1.82, 2.24) is 0 Å². The lowest BCUT2D eigenvalue weighted by Gasteiger charge is -2.10. The van der Waals surface area contributed by atoms with Gasteiger partial charge in [0.1, 0.15) is 0 Å². The Bertz CT molecular complexity index is 463. The van der Waals surface area contributed by atoms with Crippen LogP contribution in [0.4, 0.5) is 13.2 Å². The predicted molar refractivity (Wildman–Crippen MR) is 69.7 cm³/mol. The molecule has 1 aliphatic carbocycles. The van der Waals surface area contributed by atoms with Gasteiger partial charge in [0, 0.05) is 6.04 Å². The maximum Gasteiger partial charge on any atom is 0.416 e. The number of nitrogens with two attached hydrogens (primary N) is 1. The van der Waals surface area contributed by atoms with Crippen molar-refractivity contribution in [1.29, 1.82) is 0 Å². The average Bonchev–Trinajstić information content (AvgIpc) is 2.53. The van der Waals surface area contributed by atoms with Crippen molar-refractivity contribution in [3.8, 4) is 0 Å². The van der Waals surface area contributed by atoms with Crippen molar-refractivity contribution in [2.45, 2.75) is 44.3 Å². The first-order valence-electron chi connectivity index (χ1n) is 6.56. The van der Waals surface area contributed by atoms with Crippen LogP contribution < -0.4 is 5.73 Å². The Hall–Kier alpha value is -1.29. The summed E-state index contributed by atoms with van der Waals surface area (Å²) in [4.78, 5) is 0. The maximum absolute atomic E-state index is 12.6. The third kappa shape index (κ3) is 4.10. The van der Waals surface area contributed by atoms with E-state index in [0.29, 0.717) is 12.0 Å². The van der Waals surface area contributed by atoms with E-state index in [4.69, 9.17) is 5.73 Å². The molecule has 1 aromatic rings. The Morgan fingerprint density at radius 1 is 1.21 bits per heavy atom. The molecule has 2 rings (SSSR count). The molecule has 104 valence electrons. The molecule has 0 spiro atoms. The second kappa shape index (κ2) is 5.78. The number of hydrogen-bond acceptors (Lipinski definition) is 1. The number of hydrogen-bond donors (Lipinski definition) is 1. The van der Waals surface area contributed by atoms with Crippen LogP contribution in [0.1, 0.15) is 36.8 Å². The smallest absolute Gasteiger partial charge is 0.324 e. The van der Waals surface area contributed by atoms with Crippen LogP contribution >= 0.6 is 0 Å². The van der Waals surface area contributed by atoms with Crippen molar-refractivity contribution < 1.29 is 13.2 Å². The highest BCUT2D eigenvalue weighted by atomic mass is 19.4. The van der Waals surface area contributed by atoms with E-state index in [2.05, 4.69) is 0 Å². The second-order valence-corrected chi connectivity index (χ2v) is 5.11. The molecule has 0 amide bonds. The summed E-state index contributed by atoms with van der Waals surface area (Å²) in [6, 6.07) is 5.60. The normalized spacial score (nSPS) is 20.8. The second-order valence-electron chi connectivity index (χ2n) is 5.11. The monoisotopic (exact) mass is 269 g/mol. The first kappa shape index (κ1) is 14.1. The molecule has 0 fully saturated rings. The highest BCUT2D eigenvalue weighted by molar-refractivity contribution is 5.29. The van der Waals surface area contributed by atoms with Crippen LogP contribution in [0.25, 0.3) is 0 Å². The maximum atomic E-state index is 12.6. The van der Waals surface area contributed by atoms with Gasteiger partial charge >= 0.3 is 6.18 Å². The lowest BCUT2D eigenvalue weighted by atomic mass is 9.99. The van der Waals surface area contributed by atoms with Crippen LogP contribution in [-0.2, 0) is 12.6 Å². The summed E-state index contributed by atoms with van der Waals surface area (Å²) in [5, 5.41) is 0.